The predicted molar refractivity (Wildman–Crippen MR) is 122 cm³/mol. The zero-order valence-corrected chi connectivity index (χ0v) is 19.0. The molecule has 1 atom stereocenters. The molecule has 32 heavy (non-hydrogen) atoms. The maximum Gasteiger partial charge on any atom is 0.409 e. The molecule has 2 aliphatic rings. The summed E-state index contributed by atoms with van der Waals surface area (Å²) in [5, 5.41) is 13.1. The summed E-state index contributed by atoms with van der Waals surface area (Å²) in [4.78, 5) is 27.5. The Labute approximate surface area is 191 Å². The summed E-state index contributed by atoms with van der Waals surface area (Å²) < 4.78 is 10.6. The van der Waals surface area contributed by atoms with E-state index in [4.69, 9.17) is 9.15 Å². The van der Waals surface area contributed by atoms with Gasteiger partial charge in [-0.15, -0.1) is 11.3 Å². The lowest BCUT2D eigenvalue weighted by Crippen LogP contribution is -2.36. The number of ether oxygens (including phenoxy) is 1. The van der Waals surface area contributed by atoms with E-state index in [2.05, 4.69) is 11.4 Å². The van der Waals surface area contributed by atoms with Gasteiger partial charge in [0.1, 0.15) is 11.1 Å². The van der Waals surface area contributed by atoms with Crippen LogP contribution in [0, 0.1) is 17.2 Å². The smallest absolute Gasteiger partial charge is 0.409 e. The van der Waals surface area contributed by atoms with Crippen LogP contribution < -0.4 is 5.32 Å². The lowest BCUT2D eigenvalue weighted by Gasteiger charge is -2.26. The van der Waals surface area contributed by atoms with Gasteiger partial charge in [0.2, 0.25) is 5.91 Å². The van der Waals surface area contributed by atoms with E-state index in [9.17, 15) is 14.9 Å². The van der Waals surface area contributed by atoms with Gasteiger partial charge in [0, 0.05) is 29.6 Å². The summed E-state index contributed by atoms with van der Waals surface area (Å²) in [6.45, 7) is 0.379. The number of hydrogen-bond acceptors (Lipinski definition) is 6. The third kappa shape index (κ3) is 5.05. The second kappa shape index (κ2) is 10.0. The highest BCUT2D eigenvalue weighted by Crippen LogP contribution is 2.39. The van der Waals surface area contributed by atoms with Crippen molar-refractivity contribution in [3.05, 3.63) is 46.2 Å². The molecule has 0 aliphatic heterocycles. The second-order valence-electron chi connectivity index (χ2n) is 8.43. The summed E-state index contributed by atoms with van der Waals surface area (Å²) in [5.74, 6) is -0.0695. The van der Waals surface area contributed by atoms with Crippen molar-refractivity contribution in [2.75, 3.05) is 19.0 Å². The van der Waals surface area contributed by atoms with Gasteiger partial charge in [0.25, 0.3) is 0 Å². The number of thiophene rings is 1. The van der Waals surface area contributed by atoms with Gasteiger partial charge in [-0.25, -0.2) is 4.79 Å². The van der Waals surface area contributed by atoms with Crippen molar-refractivity contribution in [3.63, 3.8) is 0 Å². The van der Waals surface area contributed by atoms with Gasteiger partial charge in [-0.2, -0.15) is 5.26 Å². The number of nitrogens with zero attached hydrogens (tertiary/aromatic N) is 2. The maximum atomic E-state index is 12.4. The number of fused-ring (bicyclic) bond motifs is 1. The largest absolute Gasteiger partial charge is 0.472 e. The second-order valence-corrected chi connectivity index (χ2v) is 9.54. The van der Waals surface area contributed by atoms with Crippen molar-refractivity contribution in [3.8, 4) is 6.07 Å². The molecule has 4 rings (SSSR count). The molecule has 0 bridgehead atoms. The third-order valence-electron chi connectivity index (χ3n) is 6.29. The Balaban J connectivity index is 1.35. The van der Waals surface area contributed by atoms with E-state index in [1.54, 1.807) is 29.6 Å². The minimum Gasteiger partial charge on any atom is -0.472 e. The van der Waals surface area contributed by atoms with Crippen LogP contribution >= 0.6 is 11.3 Å². The average molecular weight is 454 g/mol. The number of hydrogen-bond donors (Lipinski definition) is 1. The quantitative estimate of drug-likeness (QED) is 0.622. The van der Waals surface area contributed by atoms with E-state index < -0.39 is 0 Å². The maximum absolute atomic E-state index is 12.4. The van der Waals surface area contributed by atoms with E-state index in [1.165, 1.54) is 30.3 Å². The molecule has 8 heteroatoms. The number of nitrogens with one attached hydrogen (secondary N) is 1. The van der Waals surface area contributed by atoms with Gasteiger partial charge >= 0.3 is 6.09 Å². The Bertz CT molecular complexity index is 1030. The number of furan rings is 1. The van der Waals surface area contributed by atoms with Crippen molar-refractivity contribution < 1.29 is 18.7 Å². The first-order chi connectivity index (χ1) is 15.5. The molecule has 0 radical (unpaired) electrons. The first-order valence-electron chi connectivity index (χ1n) is 11.0. The zero-order valence-electron chi connectivity index (χ0n) is 18.1. The van der Waals surface area contributed by atoms with Crippen molar-refractivity contribution in [1.82, 2.24) is 4.90 Å². The summed E-state index contributed by atoms with van der Waals surface area (Å²) in [6, 6.07) is 4.31. The standard InChI is InChI=1S/C24H27N3O4S/c1-27(18-4-2-3-5-18)24(29)31-15-17-6-8-19-20(13-25)23(32-21(19)12-17)26-22(28)9-7-16-10-11-30-14-16/h7,9-11,14,17-18H,2-6,8,12,15H2,1H3,(H,26,28). The summed E-state index contributed by atoms with van der Waals surface area (Å²) >= 11 is 1.45. The predicted octanol–water partition coefficient (Wildman–Crippen LogP) is 4.98. The van der Waals surface area contributed by atoms with E-state index in [-0.39, 0.29) is 17.9 Å². The Morgan fingerprint density at radius 3 is 2.91 bits per heavy atom. The van der Waals surface area contributed by atoms with Gasteiger partial charge in [-0.3, -0.25) is 4.79 Å². The molecule has 0 spiro atoms. The SMILES string of the molecule is CN(C(=O)OCC1CCc2c(sc(NC(=O)C=Cc3ccoc3)c2C#N)C1)C1CCCC1. The van der Waals surface area contributed by atoms with Crippen LogP contribution in [-0.2, 0) is 22.4 Å². The molecular formula is C24H27N3O4S. The minimum absolute atomic E-state index is 0.221. The van der Waals surface area contributed by atoms with Crippen molar-refractivity contribution in [2.45, 2.75) is 51.0 Å². The molecule has 2 aromatic rings. The van der Waals surface area contributed by atoms with Gasteiger partial charge < -0.3 is 19.4 Å². The van der Waals surface area contributed by atoms with Gasteiger partial charge in [0.15, 0.2) is 0 Å². The number of anilines is 1. The topological polar surface area (TPSA) is 95.6 Å². The average Bonchev–Trinajstić information content (AvgIpc) is 3.56. The lowest BCUT2D eigenvalue weighted by atomic mass is 9.88. The highest BCUT2D eigenvalue weighted by molar-refractivity contribution is 7.16. The molecule has 2 amide bonds. The molecule has 2 aromatic heterocycles. The number of carbonyl (C=O) groups excluding carboxylic acids is 2. The van der Waals surface area contributed by atoms with Crippen LogP contribution in [-0.4, -0.2) is 36.6 Å². The summed E-state index contributed by atoms with van der Waals surface area (Å²) in [5.41, 5.74) is 2.35. The van der Waals surface area contributed by atoms with Crippen molar-refractivity contribution in [1.29, 1.82) is 5.26 Å². The van der Waals surface area contributed by atoms with E-state index in [0.29, 0.717) is 23.2 Å². The molecule has 0 aromatic carbocycles. The summed E-state index contributed by atoms with van der Waals surface area (Å²) in [6.07, 6.45) is 12.7. The van der Waals surface area contributed by atoms with Crippen LogP contribution in [0.15, 0.2) is 29.1 Å². The Morgan fingerprint density at radius 2 is 2.19 bits per heavy atom. The Kier molecular flexibility index (Phi) is 6.96. The van der Waals surface area contributed by atoms with Crippen LogP contribution in [0.5, 0.6) is 0 Å². The summed E-state index contributed by atoms with van der Waals surface area (Å²) in [7, 11) is 1.83. The number of amides is 2. The Hall–Kier alpha value is -3.05. The molecule has 2 heterocycles. The normalized spacial score (nSPS) is 18.3. The third-order valence-corrected chi connectivity index (χ3v) is 7.46. The molecule has 1 unspecified atom stereocenters. The van der Waals surface area contributed by atoms with Crippen LogP contribution in [0.25, 0.3) is 6.08 Å². The molecule has 168 valence electrons. The fourth-order valence-electron chi connectivity index (χ4n) is 4.43. The monoisotopic (exact) mass is 453 g/mol. The number of nitriles is 1. The number of rotatable bonds is 6. The molecule has 0 saturated heterocycles. The van der Waals surface area contributed by atoms with Gasteiger partial charge in [0.05, 0.1) is 24.7 Å². The lowest BCUT2D eigenvalue weighted by molar-refractivity contribution is -0.111. The first-order valence-corrected chi connectivity index (χ1v) is 11.8. The van der Waals surface area contributed by atoms with E-state index in [0.717, 1.165) is 48.1 Å². The molecule has 2 aliphatic carbocycles. The highest BCUT2D eigenvalue weighted by atomic mass is 32.1. The first kappa shape index (κ1) is 22.2. The molecular weight excluding hydrogens is 426 g/mol. The minimum atomic E-state index is -0.290. The fourth-order valence-corrected chi connectivity index (χ4v) is 5.74. The van der Waals surface area contributed by atoms with Crippen molar-refractivity contribution in [2.24, 2.45) is 5.92 Å². The van der Waals surface area contributed by atoms with Crippen LogP contribution in [0.3, 0.4) is 0 Å². The Morgan fingerprint density at radius 1 is 1.38 bits per heavy atom. The molecule has 1 N–H and O–H groups in total. The highest BCUT2D eigenvalue weighted by Gasteiger charge is 2.29. The van der Waals surface area contributed by atoms with Crippen molar-refractivity contribution >= 4 is 34.4 Å². The number of carbonyl (C=O) groups is 2. The van der Waals surface area contributed by atoms with E-state index >= 15 is 0 Å². The van der Waals surface area contributed by atoms with E-state index in [1.807, 2.05) is 7.05 Å². The van der Waals surface area contributed by atoms with Crippen LogP contribution in [0.1, 0.15) is 53.7 Å². The van der Waals surface area contributed by atoms with Gasteiger partial charge in [-0.1, -0.05) is 12.8 Å². The fraction of sp³-hybridized carbons (Fsp3) is 0.458. The van der Waals surface area contributed by atoms with Crippen LogP contribution in [0.2, 0.25) is 0 Å². The molecule has 1 fully saturated rings. The molecule has 1 saturated carbocycles. The zero-order chi connectivity index (χ0) is 22.5. The van der Waals surface area contributed by atoms with Gasteiger partial charge in [-0.05, 0) is 55.7 Å². The molecule has 7 nitrogen and oxygen atoms in total. The van der Waals surface area contributed by atoms with Crippen LogP contribution in [0.4, 0.5) is 9.80 Å².